The van der Waals surface area contributed by atoms with Gasteiger partial charge in [0.2, 0.25) is 0 Å². The molecule has 1 aromatic rings. The lowest BCUT2D eigenvalue weighted by Gasteiger charge is -2.03. The molecule has 0 radical (unpaired) electrons. The lowest BCUT2D eigenvalue weighted by Crippen LogP contribution is -2.05. The van der Waals surface area contributed by atoms with Gasteiger partial charge in [-0.25, -0.2) is 4.79 Å². The van der Waals surface area contributed by atoms with Crippen LogP contribution in [-0.2, 0) is 6.54 Å². The Bertz CT molecular complexity index is 320. The molecule has 1 aromatic heterocycles. The number of aromatic carboxylic acids is 1. The minimum Gasteiger partial charge on any atom is -0.478 e. The molecule has 0 unspecified atom stereocenters. The van der Waals surface area contributed by atoms with Crippen molar-refractivity contribution < 1.29 is 15.0 Å². The standard InChI is InChI=1S/C9H14N2O3/c1-7-8(9(13)14)6-10-11(7)4-2-3-5-12/h6,12H,2-5H2,1H3,(H,13,14). The summed E-state index contributed by atoms with van der Waals surface area (Å²) in [6, 6.07) is 0. The van der Waals surface area contributed by atoms with E-state index in [4.69, 9.17) is 10.2 Å². The molecule has 0 fully saturated rings. The summed E-state index contributed by atoms with van der Waals surface area (Å²) in [5, 5.41) is 21.3. The maximum atomic E-state index is 10.7. The van der Waals surface area contributed by atoms with Crippen LogP contribution in [0.4, 0.5) is 0 Å². The summed E-state index contributed by atoms with van der Waals surface area (Å²) < 4.78 is 1.65. The molecule has 0 aromatic carbocycles. The van der Waals surface area contributed by atoms with Crippen LogP contribution < -0.4 is 0 Å². The van der Waals surface area contributed by atoms with Gasteiger partial charge in [-0.1, -0.05) is 0 Å². The molecule has 78 valence electrons. The second-order valence-corrected chi connectivity index (χ2v) is 3.10. The Morgan fingerprint density at radius 2 is 2.29 bits per heavy atom. The summed E-state index contributed by atoms with van der Waals surface area (Å²) in [6.07, 6.45) is 2.87. The van der Waals surface area contributed by atoms with Crippen molar-refractivity contribution >= 4 is 5.97 Å². The first kappa shape index (κ1) is 10.7. The van der Waals surface area contributed by atoms with Crippen LogP contribution in [0.15, 0.2) is 6.20 Å². The van der Waals surface area contributed by atoms with Crippen LogP contribution in [0, 0.1) is 6.92 Å². The normalized spacial score (nSPS) is 10.4. The van der Waals surface area contributed by atoms with E-state index >= 15 is 0 Å². The topological polar surface area (TPSA) is 75.3 Å². The zero-order valence-electron chi connectivity index (χ0n) is 8.10. The Labute approximate surface area is 82.0 Å². The molecular formula is C9H14N2O3. The molecule has 14 heavy (non-hydrogen) atoms. The molecule has 1 rings (SSSR count). The van der Waals surface area contributed by atoms with E-state index in [0.717, 1.165) is 6.42 Å². The molecule has 0 aliphatic heterocycles. The molecule has 0 amide bonds. The molecule has 0 saturated carbocycles. The lowest BCUT2D eigenvalue weighted by atomic mass is 10.2. The molecule has 0 aliphatic rings. The van der Waals surface area contributed by atoms with Crippen molar-refractivity contribution in [3.05, 3.63) is 17.5 Å². The van der Waals surface area contributed by atoms with Gasteiger partial charge in [0.05, 0.1) is 6.20 Å². The minimum atomic E-state index is -0.948. The van der Waals surface area contributed by atoms with Gasteiger partial charge in [-0.05, 0) is 19.8 Å². The van der Waals surface area contributed by atoms with Gasteiger partial charge in [0.15, 0.2) is 0 Å². The highest BCUT2D eigenvalue weighted by molar-refractivity contribution is 5.88. The second-order valence-electron chi connectivity index (χ2n) is 3.10. The Hall–Kier alpha value is -1.36. The number of rotatable bonds is 5. The largest absolute Gasteiger partial charge is 0.478 e. The van der Waals surface area contributed by atoms with E-state index in [1.165, 1.54) is 6.20 Å². The SMILES string of the molecule is Cc1c(C(=O)O)cnn1CCCCO. The van der Waals surface area contributed by atoms with Crippen molar-refractivity contribution in [3.8, 4) is 0 Å². The molecule has 1 heterocycles. The zero-order valence-corrected chi connectivity index (χ0v) is 8.10. The van der Waals surface area contributed by atoms with Crippen molar-refractivity contribution in [1.82, 2.24) is 9.78 Å². The third-order valence-electron chi connectivity index (χ3n) is 2.11. The summed E-state index contributed by atoms with van der Waals surface area (Å²) in [6.45, 7) is 2.54. The molecule has 5 nitrogen and oxygen atoms in total. The third-order valence-corrected chi connectivity index (χ3v) is 2.11. The van der Waals surface area contributed by atoms with Gasteiger partial charge in [-0.15, -0.1) is 0 Å². The van der Waals surface area contributed by atoms with Crippen LogP contribution in [0.2, 0.25) is 0 Å². The average Bonchev–Trinajstić information content (AvgIpc) is 2.48. The molecule has 0 spiro atoms. The molecule has 0 atom stereocenters. The molecular weight excluding hydrogens is 184 g/mol. The molecule has 0 bridgehead atoms. The number of aryl methyl sites for hydroxylation is 1. The maximum absolute atomic E-state index is 10.7. The minimum absolute atomic E-state index is 0.159. The van der Waals surface area contributed by atoms with Gasteiger partial charge in [-0.2, -0.15) is 5.10 Å². The number of hydrogen-bond acceptors (Lipinski definition) is 3. The van der Waals surface area contributed by atoms with Crippen LogP contribution in [0.3, 0.4) is 0 Å². The Kier molecular flexibility index (Phi) is 3.64. The van der Waals surface area contributed by atoms with Gasteiger partial charge in [0.25, 0.3) is 0 Å². The number of hydrogen-bond donors (Lipinski definition) is 2. The van der Waals surface area contributed by atoms with Crippen LogP contribution in [0.1, 0.15) is 28.9 Å². The Morgan fingerprint density at radius 1 is 1.57 bits per heavy atom. The highest BCUT2D eigenvalue weighted by Gasteiger charge is 2.11. The summed E-state index contributed by atoms with van der Waals surface area (Å²) in [7, 11) is 0. The number of unbranched alkanes of at least 4 members (excludes halogenated alkanes) is 1. The van der Waals surface area contributed by atoms with E-state index in [9.17, 15) is 4.79 Å². The predicted molar refractivity (Wildman–Crippen MR) is 50.2 cm³/mol. The van der Waals surface area contributed by atoms with Crippen molar-refractivity contribution in [2.45, 2.75) is 26.3 Å². The monoisotopic (exact) mass is 198 g/mol. The number of carboxylic acids is 1. The quantitative estimate of drug-likeness (QED) is 0.681. The Balaban J connectivity index is 2.65. The lowest BCUT2D eigenvalue weighted by molar-refractivity contribution is 0.0696. The number of carbonyl (C=O) groups is 1. The third kappa shape index (κ3) is 2.32. The van der Waals surface area contributed by atoms with Crippen molar-refractivity contribution in [1.29, 1.82) is 0 Å². The summed E-state index contributed by atoms with van der Waals surface area (Å²) in [4.78, 5) is 10.7. The first-order valence-corrected chi connectivity index (χ1v) is 4.53. The fraction of sp³-hybridized carbons (Fsp3) is 0.556. The molecule has 0 aliphatic carbocycles. The van der Waals surface area contributed by atoms with Crippen LogP contribution in [0.5, 0.6) is 0 Å². The van der Waals surface area contributed by atoms with Crippen molar-refractivity contribution in [3.63, 3.8) is 0 Å². The first-order valence-electron chi connectivity index (χ1n) is 4.53. The zero-order chi connectivity index (χ0) is 10.6. The molecule has 2 N–H and O–H groups in total. The number of carboxylic acid groups (broad SMARTS) is 1. The van der Waals surface area contributed by atoms with E-state index in [-0.39, 0.29) is 12.2 Å². The first-order chi connectivity index (χ1) is 6.66. The number of aliphatic hydroxyl groups excluding tert-OH is 1. The predicted octanol–water partition coefficient (Wildman–Crippen LogP) is 0.662. The van der Waals surface area contributed by atoms with E-state index in [2.05, 4.69) is 5.10 Å². The number of aromatic nitrogens is 2. The van der Waals surface area contributed by atoms with Gasteiger partial charge >= 0.3 is 5.97 Å². The Morgan fingerprint density at radius 3 is 2.79 bits per heavy atom. The van der Waals surface area contributed by atoms with Crippen LogP contribution in [-0.4, -0.2) is 32.6 Å². The highest BCUT2D eigenvalue weighted by atomic mass is 16.4. The van der Waals surface area contributed by atoms with Crippen molar-refractivity contribution in [2.24, 2.45) is 0 Å². The highest BCUT2D eigenvalue weighted by Crippen LogP contribution is 2.07. The smallest absolute Gasteiger partial charge is 0.339 e. The number of nitrogens with zero attached hydrogens (tertiary/aromatic N) is 2. The van der Waals surface area contributed by atoms with Crippen LogP contribution >= 0.6 is 0 Å². The van der Waals surface area contributed by atoms with E-state index in [1.54, 1.807) is 11.6 Å². The van der Waals surface area contributed by atoms with E-state index in [0.29, 0.717) is 18.7 Å². The van der Waals surface area contributed by atoms with Gasteiger partial charge in [0, 0.05) is 18.8 Å². The van der Waals surface area contributed by atoms with Gasteiger partial charge < -0.3 is 10.2 Å². The fourth-order valence-corrected chi connectivity index (χ4v) is 1.26. The van der Waals surface area contributed by atoms with Gasteiger partial charge in [0.1, 0.15) is 5.56 Å². The number of aliphatic hydroxyl groups is 1. The van der Waals surface area contributed by atoms with E-state index < -0.39 is 5.97 Å². The second kappa shape index (κ2) is 4.76. The van der Waals surface area contributed by atoms with Gasteiger partial charge in [-0.3, -0.25) is 4.68 Å². The fourth-order valence-electron chi connectivity index (χ4n) is 1.26. The summed E-state index contributed by atoms with van der Waals surface area (Å²) in [5.74, 6) is -0.948. The summed E-state index contributed by atoms with van der Waals surface area (Å²) >= 11 is 0. The van der Waals surface area contributed by atoms with Crippen LogP contribution in [0.25, 0.3) is 0 Å². The summed E-state index contributed by atoms with van der Waals surface area (Å²) in [5.41, 5.74) is 0.907. The van der Waals surface area contributed by atoms with Crippen molar-refractivity contribution in [2.75, 3.05) is 6.61 Å². The molecule has 0 saturated heterocycles. The van der Waals surface area contributed by atoms with E-state index in [1.807, 2.05) is 0 Å². The molecule has 5 heteroatoms. The maximum Gasteiger partial charge on any atom is 0.339 e. The average molecular weight is 198 g/mol.